The van der Waals surface area contributed by atoms with Gasteiger partial charge in [0.25, 0.3) is 5.69 Å². The zero-order valence-electron chi connectivity index (χ0n) is 11.3. The molecular weight excluding hydrogens is 278 g/mol. The molecule has 2 aromatic rings. The number of anilines is 2. The summed E-state index contributed by atoms with van der Waals surface area (Å²) in [5.41, 5.74) is 2.28. The Morgan fingerprint density at radius 3 is 2.43 bits per heavy atom. The van der Waals surface area contributed by atoms with Crippen molar-refractivity contribution in [3.8, 4) is 11.8 Å². The van der Waals surface area contributed by atoms with Crippen molar-refractivity contribution in [1.29, 1.82) is 0 Å². The number of nitro groups is 1. The SMILES string of the molecule is CN(C)c1nc(NN)nc(Oc2ccc([N+](=O)[O-])cc2)n1. The number of nitrogen functional groups attached to an aromatic ring is 1. The van der Waals surface area contributed by atoms with Gasteiger partial charge in [0.05, 0.1) is 4.92 Å². The summed E-state index contributed by atoms with van der Waals surface area (Å²) < 4.78 is 5.44. The van der Waals surface area contributed by atoms with E-state index in [0.717, 1.165) is 0 Å². The van der Waals surface area contributed by atoms with Crippen LogP contribution in [0.15, 0.2) is 24.3 Å². The van der Waals surface area contributed by atoms with E-state index in [-0.39, 0.29) is 17.6 Å². The summed E-state index contributed by atoms with van der Waals surface area (Å²) in [5.74, 6) is 6.14. The van der Waals surface area contributed by atoms with Crippen LogP contribution in [0.2, 0.25) is 0 Å². The second kappa shape index (κ2) is 5.96. The number of aromatic nitrogens is 3. The number of hydrazine groups is 1. The lowest BCUT2D eigenvalue weighted by Gasteiger charge is -2.12. The van der Waals surface area contributed by atoms with Gasteiger partial charge in [0.15, 0.2) is 0 Å². The molecule has 21 heavy (non-hydrogen) atoms. The molecule has 0 saturated carbocycles. The standard InChI is InChI=1S/C11H13N7O3/c1-17(2)10-13-9(16-12)14-11(15-10)21-8-5-3-7(4-6-8)18(19)20/h3-6H,12H2,1-2H3,(H,13,14,15,16). The molecule has 0 amide bonds. The Balaban J connectivity index is 2.25. The largest absolute Gasteiger partial charge is 0.424 e. The second-order valence-electron chi connectivity index (χ2n) is 4.13. The highest BCUT2D eigenvalue weighted by atomic mass is 16.6. The maximum atomic E-state index is 10.6. The first-order valence-corrected chi connectivity index (χ1v) is 5.82. The van der Waals surface area contributed by atoms with E-state index in [9.17, 15) is 10.1 Å². The fraction of sp³-hybridized carbons (Fsp3) is 0.182. The van der Waals surface area contributed by atoms with Crippen LogP contribution in [-0.4, -0.2) is 34.0 Å². The quantitative estimate of drug-likeness (QED) is 0.468. The molecule has 0 fully saturated rings. The number of nitro benzene ring substituents is 1. The minimum atomic E-state index is -0.493. The van der Waals surface area contributed by atoms with Gasteiger partial charge in [-0.1, -0.05) is 0 Å². The molecular formula is C11H13N7O3. The first-order valence-electron chi connectivity index (χ1n) is 5.82. The van der Waals surface area contributed by atoms with E-state index in [4.69, 9.17) is 10.6 Å². The van der Waals surface area contributed by atoms with Gasteiger partial charge in [-0.05, 0) is 12.1 Å². The summed E-state index contributed by atoms with van der Waals surface area (Å²) in [5, 5.41) is 10.6. The number of hydrogen-bond acceptors (Lipinski definition) is 9. The van der Waals surface area contributed by atoms with Crippen molar-refractivity contribution in [3.63, 3.8) is 0 Å². The average Bonchev–Trinajstić information content (AvgIpc) is 2.47. The number of non-ortho nitro benzene ring substituents is 1. The molecule has 0 bridgehead atoms. The van der Waals surface area contributed by atoms with Crippen LogP contribution >= 0.6 is 0 Å². The van der Waals surface area contributed by atoms with E-state index < -0.39 is 4.92 Å². The lowest BCUT2D eigenvalue weighted by atomic mass is 10.3. The van der Waals surface area contributed by atoms with Gasteiger partial charge >= 0.3 is 6.01 Å². The minimum Gasteiger partial charge on any atom is -0.424 e. The Labute approximate surface area is 119 Å². The van der Waals surface area contributed by atoms with Crippen molar-refractivity contribution in [2.45, 2.75) is 0 Å². The topological polar surface area (TPSA) is 132 Å². The molecule has 0 atom stereocenters. The van der Waals surface area contributed by atoms with E-state index in [1.165, 1.54) is 24.3 Å². The normalized spacial score (nSPS) is 10.0. The van der Waals surface area contributed by atoms with Crippen molar-refractivity contribution in [2.75, 3.05) is 24.4 Å². The van der Waals surface area contributed by atoms with Crippen LogP contribution in [0.5, 0.6) is 11.8 Å². The first-order chi connectivity index (χ1) is 9.99. The van der Waals surface area contributed by atoms with Gasteiger partial charge in [0.2, 0.25) is 11.9 Å². The van der Waals surface area contributed by atoms with E-state index in [0.29, 0.717) is 11.7 Å². The minimum absolute atomic E-state index is 0.0236. The summed E-state index contributed by atoms with van der Waals surface area (Å²) >= 11 is 0. The molecule has 3 N–H and O–H groups in total. The van der Waals surface area contributed by atoms with Crippen molar-refractivity contribution >= 4 is 17.6 Å². The Morgan fingerprint density at radius 1 is 1.24 bits per heavy atom. The Morgan fingerprint density at radius 2 is 1.90 bits per heavy atom. The number of nitrogens with two attached hydrogens (primary N) is 1. The number of hydrogen-bond donors (Lipinski definition) is 2. The highest BCUT2D eigenvalue weighted by Crippen LogP contribution is 2.22. The summed E-state index contributed by atoms with van der Waals surface area (Å²) in [6.07, 6.45) is 0. The number of nitrogens with one attached hydrogen (secondary N) is 1. The maximum Gasteiger partial charge on any atom is 0.328 e. The number of ether oxygens (including phenoxy) is 1. The number of nitrogens with zero attached hydrogens (tertiary/aromatic N) is 5. The summed E-state index contributed by atoms with van der Waals surface area (Å²) in [6.45, 7) is 0. The van der Waals surface area contributed by atoms with Gasteiger partial charge in [-0.15, -0.1) is 0 Å². The predicted octanol–water partition coefficient (Wildman–Crippen LogP) is 0.924. The summed E-state index contributed by atoms with van der Waals surface area (Å²) in [4.78, 5) is 23.8. The molecule has 0 aliphatic heterocycles. The highest BCUT2D eigenvalue weighted by molar-refractivity contribution is 5.39. The molecule has 0 spiro atoms. The van der Waals surface area contributed by atoms with Crippen LogP contribution < -0.4 is 20.9 Å². The average molecular weight is 291 g/mol. The zero-order chi connectivity index (χ0) is 15.4. The molecule has 2 rings (SSSR count). The third kappa shape index (κ3) is 3.51. The molecule has 1 aromatic heterocycles. The zero-order valence-corrected chi connectivity index (χ0v) is 11.3. The lowest BCUT2D eigenvalue weighted by Crippen LogP contribution is -2.17. The Hall–Kier alpha value is -3.01. The van der Waals surface area contributed by atoms with Gasteiger partial charge in [0, 0.05) is 26.2 Å². The molecule has 0 radical (unpaired) electrons. The van der Waals surface area contributed by atoms with Crippen molar-refractivity contribution in [3.05, 3.63) is 34.4 Å². The molecule has 0 unspecified atom stereocenters. The molecule has 110 valence electrons. The fourth-order valence-corrected chi connectivity index (χ4v) is 1.40. The van der Waals surface area contributed by atoms with Crippen molar-refractivity contribution in [1.82, 2.24) is 15.0 Å². The van der Waals surface area contributed by atoms with Gasteiger partial charge in [0.1, 0.15) is 5.75 Å². The molecule has 10 nitrogen and oxygen atoms in total. The van der Waals surface area contributed by atoms with Gasteiger partial charge in [-0.2, -0.15) is 15.0 Å². The summed E-state index contributed by atoms with van der Waals surface area (Å²) in [7, 11) is 3.51. The van der Waals surface area contributed by atoms with Gasteiger partial charge in [-0.3, -0.25) is 15.5 Å². The third-order valence-corrected chi connectivity index (χ3v) is 2.39. The number of benzene rings is 1. The van der Waals surface area contributed by atoms with Crippen molar-refractivity contribution < 1.29 is 9.66 Å². The van der Waals surface area contributed by atoms with Crippen LogP contribution in [0.1, 0.15) is 0 Å². The summed E-state index contributed by atoms with van der Waals surface area (Å²) in [6, 6.07) is 5.58. The molecule has 0 aliphatic rings. The first kappa shape index (κ1) is 14.4. The molecule has 0 aliphatic carbocycles. The molecule has 10 heteroatoms. The van der Waals surface area contributed by atoms with E-state index >= 15 is 0 Å². The Bertz CT molecular complexity index is 645. The van der Waals surface area contributed by atoms with E-state index in [2.05, 4.69) is 20.4 Å². The van der Waals surface area contributed by atoms with E-state index in [1.807, 2.05) is 0 Å². The van der Waals surface area contributed by atoms with Gasteiger partial charge < -0.3 is 9.64 Å². The smallest absolute Gasteiger partial charge is 0.328 e. The van der Waals surface area contributed by atoms with Crippen LogP contribution in [0, 0.1) is 10.1 Å². The maximum absolute atomic E-state index is 10.6. The van der Waals surface area contributed by atoms with Crippen LogP contribution in [-0.2, 0) is 0 Å². The Kier molecular flexibility index (Phi) is 4.09. The van der Waals surface area contributed by atoms with Gasteiger partial charge in [-0.25, -0.2) is 5.84 Å². The highest BCUT2D eigenvalue weighted by Gasteiger charge is 2.10. The third-order valence-electron chi connectivity index (χ3n) is 2.39. The van der Waals surface area contributed by atoms with Crippen LogP contribution in [0.3, 0.4) is 0 Å². The molecule has 0 saturated heterocycles. The fourth-order valence-electron chi connectivity index (χ4n) is 1.40. The monoisotopic (exact) mass is 291 g/mol. The second-order valence-corrected chi connectivity index (χ2v) is 4.13. The lowest BCUT2D eigenvalue weighted by molar-refractivity contribution is -0.384. The van der Waals surface area contributed by atoms with E-state index in [1.54, 1.807) is 19.0 Å². The van der Waals surface area contributed by atoms with Crippen LogP contribution in [0.25, 0.3) is 0 Å². The molecule has 1 aromatic carbocycles. The van der Waals surface area contributed by atoms with Crippen LogP contribution in [0.4, 0.5) is 17.6 Å². The van der Waals surface area contributed by atoms with Crippen molar-refractivity contribution in [2.24, 2.45) is 5.84 Å². The number of rotatable bonds is 5. The predicted molar refractivity (Wildman–Crippen MR) is 75.1 cm³/mol. The molecule has 1 heterocycles.